The average molecular weight is 951 g/mol. The summed E-state index contributed by atoms with van der Waals surface area (Å²) in [6.45, 7) is 15.2. The second-order valence-corrected chi connectivity index (χ2v) is 20.4. The number of hydrogen-bond donors (Lipinski definition) is 0. The van der Waals surface area contributed by atoms with Gasteiger partial charge in [0.2, 0.25) is 0 Å². The van der Waals surface area contributed by atoms with Crippen LogP contribution in [0, 0.1) is 0 Å². The van der Waals surface area contributed by atoms with Crippen LogP contribution in [-0.2, 0) is 14.2 Å². The minimum Gasteiger partial charge on any atom is -1.00 e. The second-order valence-electron chi connectivity index (χ2n) is 20.4. The molecule has 0 aromatic rings. The van der Waals surface area contributed by atoms with Crippen molar-refractivity contribution in [2.24, 2.45) is 0 Å². The van der Waals surface area contributed by atoms with Gasteiger partial charge in [-0.2, -0.15) is 0 Å². The van der Waals surface area contributed by atoms with Crippen molar-refractivity contribution in [2.75, 3.05) is 66.3 Å². The van der Waals surface area contributed by atoms with Gasteiger partial charge < -0.3 is 31.1 Å². The minimum absolute atomic E-state index is 0. The van der Waals surface area contributed by atoms with E-state index in [1.165, 1.54) is 270 Å². The summed E-state index contributed by atoms with van der Waals surface area (Å²) in [6, 6.07) is 0. The van der Waals surface area contributed by atoms with Crippen LogP contribution in [-0.4, -0.2) is 70.8 Å². The average Bonchev–Trinajstić information content (AvgIpc) is 3.31. The van der Waals surface area contributed by atoms with Crippen molar-refractivity contribution in [3.05, 3.63) is 36.5 Å². The third-order valence-electron chi connectivity index (χ3n) is 13.7. The summed E-state index contributed by atoms with van der Waals surface area (Å²) < 4.78 is 19.6. The second kappa shape index (κ2) is 60.5. The molecule has 0 aliphatic rings. The Morgan fingerprint density at radius 3 is 0.636 bits per heavy atom. The Morgan fingerprint density at radius 1 is 0.242 bits per heavy atom. The molecule has 0 atom stereocenters. The summed E-state index contributed by atoms with van der Waals surface area (Å²) in [6.07, 6.45) is 71.2. The smallest absolute Gasteiger partial charge is 0.102 e. The van der Waals surface area contributed by atoms with Gasteiger partial charge in [-0.05, 0) is 96.3 Å². The monoisotopic (exact) mass is 950 g/mol. The molecule has 66 heavy (non-hydrogen) atoms. The molecule has 0 aliphatic carbocycles. The van der Waals surface area contributed by atoms with Crippen molar-refractivity contribution < 1.29 is 31.1 Å². The Morgan fingerprint density at radius 2 is 0.424 bits per heavy atom. The molecule has 0 bridgehead atoms. The number of quaternary nitrogens is 1. The van der Waals surface area contributed by atoms with Crippen molar-refractivity contribution in [2.45, 2.75) is 290 Å². The summed E-state index contributed by atoms with van der Waals surface area (Å²) in [5.41, 5.74) is 0. The maximum absolute atomic E-state index is 6.22. The first-order valence-corrected chi connectivity index (χ1v) is 29.7. The predicted molar refractivity (Wildman–Crippen MR) is 292 cm³/mol. The normalized spacial score (nSPS) is 12.9. The van der Waals surface area contributed by atoms with Gasteiger partial charge in [0.15, 0.2) is 0 Å². The summed E-state index contributed by atoms with van der Waals surface area (Å²) in [4.78, 5) is 0. The molecule has 0 amide bonds. The maximum Gasteiger partial charge on any atom is 0.102 e. The standard InChI is InChI=1S/C61H120NO3.ClH/c1-5-8-11-14-17-20-23-26-29-32-35-38-41-44-47-50-56-63-59-53-62(4,54-60-64-57-51-48-45-42-39-36-33-30-27-24-21-18-15-12-9-6-2)55-61-65-58-52-49-46-43-40-37-34-31-28-25-22-19-16-13-10-7-3;/h26-31H,5-25,32-61H2,1-4H3;1H/q+1;/p-1. The van der Waals surface area contributed by atoms with Crippen LogP contribution in [0.15, 0.2) is 36.5 Å². The van der Waals surface area contributed by atoms with Crippen molar-refractivity contribution in [1.82, 2.24) is 0 Å². The van der Waals surface area contributed by atoms with E-state index < -0.39 is 0 Å². The van der Waals surface area contributed by atoms with E-state index in [0.717, 1.165) is 63.8 Å². The van der Waals surface area contributed by atoms with Crippen molar-refractivity contribution in [3.63, 3.8) is 0 Å². The summed E-state index contributed by atoms with van der Waals surface area (Å²) in [5, 5.41) is 0. The van der Waals surface area contributed by atoms with E-state index in [9.17, 15) is 0 Å². The zero-order valence-electron chi connectivity index (χ0n) is 45.6. The van der Waals surface area contributed by atoms with Crippen LogP contribution in [0.2, 0.25) is 0 Å². The Labute approximate surface area is 422 Å². The highest BCUT2D eigenvalue weighted by Gasteiger charge is 2.21. The molecular weight excluding hydrogens is 830 g/mol. The lowest BCUT2D eigenvalue weighted by atomic mass is 10.1. The molecule has 0 saturated carbocycles. The van der Waals surface area contributed by atoms with Crippen LogP contribution < -0.4 is 12.4 Å². The highest BCUT2D eigenvalue weighted by atomic mass is 35.5. The van der Waals surface area contributed by atoms with E-state index >= 15 is 0 Å². The quantitative estimate of drug-likeness (QED) is 0.0345. The van der Waals surface area contributed by atoms with Crippen LogP contribution in [0.4, 0.5) is 0 Å². The molecular formula is C61H120ClNO3. The number of allylic oxidation sites excluding steroid dienone is 6. The minimum atomic E-state index is 0. The number of ether oxygens (including phenoxy) is 3. The predicted octanol–water partition coefficient (Wildman–Crippen LogP) is 16.6. The molecule has 0 spiro atoms. The summed E-state index contributed by atoms with van der Waals surface area (Å²) >= 11 is 0. The molecule has 0 saturated heterocycles. The van der Waals surface area contributed by atoms with Gasteiger partial charge in [-0.25, -0.2) is 0 Å². The van der Waals surface area contributed by atoms with Gasteiger partial charge in [0.25, 0.3) is 0 Å². The molecule has 0 aromatic heterocycles. The van der Waals surface area contributed by atoms with E-state index in [0.29, 0.717) is 0 Å². The van der Waals surface area contributed by atoms with Crippen LogP contribution >= 0.6 is 0 Å². The lowest BCUT2D eigenvalue weighted by molar-refractivity contribution is -0.910. The molecule has 5 heteroatoms. The largest absolute Gasteiger partial charge is 1.00 e. The van der Waals surface area contributed by atoms with Crippen LogP contribution in [0.25, 0.3) is 0 Å². The SMILES string of the molecule is CCCCCCCCC=CCCCCCCCCOCC[N+](C)(CCOCCCCCCCCC=CCCCCCCCC)CCOCCCCCCCCC=CCCCCCCCC.[Cl-]. The number of likely N-dealkylation sites (N-methyl/N-ethyl adjacent to an activating group) is 1. The van der Waals surface area contributed by atoms with Gasteiger partial charge >= 0.3 is 0 Å². The molecule has 4 nitrogen and oxygen atoms in total. The zero-order valence-corrected chi connectivity index (χ0v) is 46.3. The Hall–Kier alpha value is -0.650. The highest BCUT2D eigenvalue weighted by Crippen LogP contribution is 2.14. The fourth-order valence-electron chi connectivity index (χ4n) is 8.85. The van der Waals surface area contributed by atoms with Gasteiger partial charge in [0.1, 0.15) is 19.6 Å². The lowest BCUT2D eigenvalue weighted by Crippen LogP contribution is -3.00. The Bertz CT molecular complexity index is 836. The summed E-state index contributed by atoms with van der Waals surface area (Å²) in [5.74, 6) is 0. The molecule has 0 aliphatic heterocycles. The number of rotatable bonds is 57. The van der Waals surface area contributed by atoms with Gasteiger partial charge in [-0.15, -0.1) is 0 Å². The lowest BCUT2D eigenvalue weighted by Gasteiger charge is -2.34. The van der Waals surface area contributed by atoms with Gasteiger partial charge in [0, 0.05) is 19.8 Å². The highest BCUT2D eigenvalue weighted by molar-refractivity contribution is 4.82. The van der Waals surface area contributed by atoms with Crippen molar-refractivity contribution >= 4 is 0 Å². The van der Waals surface area contributed by atoms with Gasteiger partial charge in [-0.3, -0.25) is 0 Å². The topological polar surface area (TPSA) is 27.7 Å². The Balaban J connectivity index is 0. The van der Waals surface area contributed by atoms with E-state index in [1.807, 2.05) is 0 Å². The third kappa shape index (κ3) is 57.7. The molecule has 394 valence electrons. The van der Waals surface area contributed by atoms with Crippen LogP contribution in [0.5, 0.6) is 0 Å². The number of halogens is 1. The number of hydrogen-bond acceptors (Lipinski definition) is 3. The van der Waals surface area contributed by atoms with Gasteiger partial charge in [0.05, 0.1) is 26.9 Å². The van der Waals surface area contributed by atoms with E-state index in [-0.39, 0.29) is 12.4 Å². The number of nitrogens with zero attached hydrogens (tertiary/aromatic N) is 1. The molecule has 0 radical (unpaired) electrons. The molecule has 0 fully saturated rings. The first-order valence-electron chi connectivity index (χ1n) is 29.7. The van der Waals surface area contributed by atoms with Crippen LogP contribution in [0.1, 0.15) is 290 Å². The van der Waals surface area contributed by atoms with Crippen molar-refractivity contribution in [1.29, 1.82) is 0 Å². The van der Waals surface area contributed by atoms with E-state index in [4.69, 9.17) is 14.2 Å². The van der Waals surface area contributed by atoms with Crippen molar-refractivity contribution in [3.8, 4) is 0 Å². The van der Waals surface area contributed by atoms with E-state index in [1.54, 1.807) is 0 Å². The maximum atomic E-state index is 6.22. The Kier molecular flexibility index (Phi) is 61.8. The third-order valence-corrected chi connectivity index (χ3v) is 13.7. The van der Waals surface area contributed by atoms with E-state index in [2.05, 4.69) is 64.3 Å². The fourth-order valence-corrected chi connectivity index (χ4v) is 8.85. The first-order chi connectivity index (χ1) is 32.2. The number of unbranched alkanes of at least 4 members (excludes halogenated alkanes) is 36. The molecule has 0 heterocycles. The molecule has 0 rings (SSSR count). The van der Waals surface area contributed by atoms with Crippen LogP contribution in [0.3, 0.4) is 0 Å². The fraction of sp³-hybridized carbons (Fsp3) is 0.902. The molecule has 0 N–H and O–H groups in total. The first kappa shape index (κ1) is 67.4. The molecule has 0 aromatic carbocycles. The zero-order chi connectivity index (χ0) is 46.9. The summed E-state index contributed by atoms with van der Waals surface area (Å²) in [7, 11) is 2.40. The van der Waals surface area contributed by atoms with Gasteiger partial charge in [-0.1, -0.05) is 231 Å². The molecule has 0 unspecified atom stereocenters.